The predicted octanol–water partition coefficient (Wildman–Crippen LogP) is 4.21. The van der Waals surface area contributed by atoms with Gasteiger partial charge in [-0.05, 0) is 44.4 Å². The molecule has 0 saturated heterocycles. The van der Waals surface area contributed by atoms with Crippen LogP contribution in [-0.2, 0) is 0 Å². The minimum absolute atomic E-state index is 0. The van der Waals surface area contributed by atoms with Crippen LogP contribution in [-0.4, -0.2) is 30.6 Å². The fraction of sp³-hybridized carbons (Fsp3) is 0.400. The Morgan fingerprint density at radius 2 is 1.85 bits per heavy atom. The van der Waals surface area contributed by atoms with Gasteiger partial charge in [-0.3, -0.25) is 4.99 Å². The lowest BCUT2D eigenvalue weighted by Gasteiger charge is -2.18. The number of halogens is 1. The number of aliphatic imine (C=N–C) groups is 1. The van der Waals surface area contributed by atoms with Gasteiger partial charge in [-0.25, -0.2) is 4.98 Å². The van der Waals surface area contributed by atoms with Crippen molar-refractivity contribution in [2.45, 2.75) is 32.7 Å². The Morgan fingerprint density at radius 1 is 1.08 bits per heavy atom. The number of hydrogen-bond acceptors (Lipinski definition) is 3. The summed E-state index contributed by atoms with van der Waals surface area (Å²) in [7, 11) is 0. The molecule has 1 aromatic carbocycles. The Kier molecular flexibility index (Phi) is 11.4. The summed E-state index contributed by atoms with van der Waals surface area (Å²) in [5.74, 6) is 1.80. The summed E-state index contributed by atoms with van der Waals surface area (Å²) in [6, 6.07) is 16.5. The number of unbranched alkanes of at least 4 members (excludes halogenated alkanes) is 1. The summed E-state index contributed by atoms with van der Waals surface area (Å²) < 4.78 is 0. The molecular formula is C20H30IN5. The lowest BCUT2D eigenvalue weighted by Crippen LogP contribution is -2.38. The van der Waals surface area contributed by atoms with Gasteiger partial charge in [0.2, 0.25) is 0 Å². The van der Waals surface area contributed by atoms with Crippen LogP contribution in [0.3, 0.4) is 0 Å². The van der Waals surface area contributed by atoms with Crippen LogP contribution in [0, 0.1) is 0 Å². The molecule has 3 N–H and O–H groups in total. The summed E-state index contributed by atoms with van der Waals surface area (Å²) in [6.45, 7) is 6.81. The first kappa shape index (κ1) is 22.2. The second kappa shape index (κ2) is 13.4. The highest BCUT2D eigenvalue weighted by Gasteiger charge is 2.06. The number of rotatable bonds is 9. The molecule has 0 aliphatic heterocycles. The molecule has 1 atom stereocenters. The summed E-state index contributed by atoms with van der Waals surface area (Å²) in [5.41, 5.74) is 1.26. The third kappa shape index (κ3) is 8.51. The summed E-state index contributed by atoms with van der Waals surface area (Å²) in [6.07, 6.45) is 3.90. The summed E-state index contributed by atoms with van der Waals surface area (Å²) >= 11 is 0. The van der Waals surface area contributed by atoms with Crippen LogP contribution in [0.15, 0.2) is 59.7 Å². The normalized spacial score (nSPS) is 12.0. The number of benzene rings is 1. The lowest BCUT2D eigenvalue weighted by atomic mass is 10.1. The Morgan fingerprint density at radius 3 is 2.54 bits per heavy atom. The van der Waals surface area contributed by atoms with Gasteiger partial charge < -0.3 is 16.0 Å². The molecule has 0 spiro atoms. The van der Waals surface area contributed by atoms with Crippen molar-refractivity contribution in [2.75, 3.05) is 25.0 Å². The van der Waals surface area contributed by atoms with Crippen LogP contribution < -0.4 is 16.0 Å². The fourth-order valence-electron chi connectivity index (χ4n) is 2.46. The van der Waals surface area contributed by atoms with E-state index in [0.29, 0.717) is 0 Å². The van der Waals surface area contributed by atoms with Crippen LogP contribution in [0.4, 0.5) is 5.82 Å². The van der Waals surface area contributed by atoms with Crippen molar-refractivity contribution in [1.82, 2.24) is 15.6 Å². The second-order valence-corrected chi connectivity index (χ2v) is 5.89. The molecule has 1 heterocycles. The first-order chi connectivity index (χ1) is 12.3. The van der Waals surface area contributed by atoms with E-state index in [1.54, 1.807) is 6.20 Å². The quantitative estimate of drug-likeness (QED) is 0.224. The zero-order valence-corrected chi connectivity index (χ0v) is 17.9. The molecule has 6 heteroatoms. The third-order valence-electron chi connectivity index (χ3n) is 3.82. The molecule has 2 rings (SSSR count). The van der Waals surface area contributed by atoms with Crippen molar-refractivity contribution in [3.05, 3.63) is 60.3 Å². The van der Waals surface area contributed by atoms with Gasteiger partial charge in [0, 0.05) is 25.8 Å². The summed E-state index contributed by atoms with van der Waals surface area (Å²) in [4.78, 5) is 8.93. The zero-order chi connectivity index (χ0) is 17.7. The number of nitrogens with zero attached hydrogens (tertiary/aromatic N) is 2. The van der Waals surface area contributed by atoms with Gasteiger partial charge in [0.05, 0.1) is 6.04 Å². The lowest BCUT2D eigenvalue weighted by molar-refractivity contribution is 0.680. The van der Waals surface area contributed by atoms with Crippen molar-refractivity contribution in [3.8, 4) is 0 Å². The first-order valence-corrected chi connectivity index (χ1v) is 9.04. The maximum absolute atomic E-state index is 4.67. The topological polar surface area (TPSA) is 61.3 Å². The highest BCUT2D eigenvalue weighted by atomic mass is 127. The molecular weight excluding hydrogens is 437 g/mol. The average Bonchev–Trinajstić information content (AvgIpc) is 2.66. The minimum Gasteiger partial charge on any atom is -0.370 e. The molecule has 0 bridgehead atoms. The van der Waals surface area contributed by atoms with E-state index in [1.165, 1.54) is 5.56 Å². The largest absolute Gasteiger partial charge is 0.370 e. The monoisotopic (exact) mass is 467 g/mol. The van der Waals surface area contributed by atoms with Gasteiger partial charge >= 0.3 is 0 Å². The maximum Gasteiger partial charge on any atom is 0.191 e. The van der Waals surface area contributed by atoms with E-state index in [-0.39, 0.29) is 30.0 Å². The highest BCUT2D eigenvalue weighted by molar-refractivity contribution is 14.0. The molecule has 2 aromatic rings. The van der Waals surface area contributed by atoms with Crippen LogP contribution in [0.2, 0.25) is 0 Å². The van der Waals surface area contributed by atoms with Gasteiger partial charge in [-0.15, -0.1) is 24.0 Å². The molecule has 0 saturated carbocycles. The Bertz CT molecular complexity index is 619. The van der Waals surface area contributed by atoms with Gasteiger partial charge in [-0.2, -0.15) is 0 Å². The van der Waals surface area contributed by atoms with E-state index in [9.17, 15) is 0 Å². The average molecular weight is 467 g/mol. The van der Waals surface area contributed by atoms with E-state index < -0.39 is 0 Å². The first-order valence-electron chi connectivity index (χ1n) is 9.04. The van der Waals surface area contributed by atoms with Crippen LogP contribution in [0.25, 0.3) is 0 Å². The molecule has 1 aromatic heterocycles. The van der Waals surface area contributed by atoms with Crippen molar-refractivity contribution in [3.63, 3.8) is 0 Å². The smallest absolute Gasteiger partial charge is 0.191 e. The number of hydrogen-bond donors (Lipinski definition) is 3. The molecule has 0 fully saturated rings. The number of anilines is 1. The van der Waals surface area contributed by atoms with Gasteiger partial charge in [0.25, 0.3) is 0 Å². The highest BCUT2D eigenvalue weighted by Crippen LogP contribution is 2.10. The van der Waals surface area contributed by atoms with E-state index in [0.717, 1.165) is 44.3 Å². The van der Waals surface area contributed by atoms with Crippen molar-refractivity contribution in [1.29, 1.82) is 0 Å². The molecule has 0 aliphatic carbocycles. The number of guanidine groups is 1. The van der Waals surface area contributed by atoms with E-state index in [4.69, 9.17) is 0 Å². The predicted molar refractivity (Wildman–Crippen MR) is 121 cm³/mol. The number of aromatic nitrogens is 1. The molecule has 26 heavy (non-hydrogen) atoms. The minimum atomic E-state index is 0. The molecule has 0 amide bonds. The van der Waals surface area contributed by atoms with E-state index in [1.807, 2.05) is 24.3 Å². The van der Waals surface area contributed by atoms with Crippen LogP contribution in [0.1, 0.15) is 38.3 Å². The van der Waals surface area contributed by atoms with Crippen LogP contribution in [0.5, 0.6) is 0 Å². The van der Waals surface area contributed by atoms with Crippen molar-refractivity contribution in [2.24, 2.45) is 4.99 Å². The SMILES string of the molecule is CCNC(=NCCCCNc1ccccn1)NC(C)c1ccccc1.I. The summed E-state index contributed by atoms with van der Waals surface area (Å²) in [5, 5.41) is 10.1. The van der Waals surface area contributed by atoms with Gasteiger partial charge in [-0.1, -0.05) is 36.4 Å². The molecule has 5 nitrogen and oxygen atoms in total. The molecule has 0 aliphatic rings. The van der Waals surface area contributed by atoms with Crippen molar-refractivity contribution < 1.29 is 0 Å². The maximum atomic E-state index is 4.67. The van der Waals surface area contributed by atoms with Crippen molar-refractivity contribution >= 4 is 35.8 Å². The van der Waals surface area contributed by atoms with E-state index in [2.05, 4.69) is 64.0 Å². The molecule has 142 valence electrons. The van der Waals surface area contributed by atoms with Gasteiger partial charge in [0.1, 0.15) is 5.82 Å². The third-order valence-corrected chi connectivity index (χ3v) is 3.82. The Balaban J connectivity index is 0.00000338. The standard InChI is InChI=1S/C20H29N5.HI/c1-3-21-20(25-17(2)18-11-5-4-6-12-18)24-16-10-9-15-23-19-13-7-8-14-22-19;/h4-8,11-14,17H,3,9-10,15-16H2,1-2H3,(H,22,23)(H2,21,24,25);1H. The molecule has 1 unspecified atom stereocenters. The molecule has 0 radical (unpaired) electrons. The Labute approximate surface area is 174 Å². The second-order valence-electron chi connectivity index (χ2n) is 5.89. The Hall–Kier alpha value is -1.83. The van der Waals surface area contributed by atoms with Gasteiger partial charge in [0.15, 0.2) is 5.96 Å². The number of pyridine rings is 1. The fourth-order valence-corrected chi connectivity index (χ4v) is 2.46. The van der Waals surface area contributed by atoms with E-state index >= 15 is 0 Å². The zero-order valence-electron chi connectivity index (χ0n) is 15.6. The van der Waals surface area contributed by atoms with Crippen LogP contribution >= 0.6 is 24.0 Å². The number of nitrogens with one attached hydrogen (secondary N) is 3.